The summed E-state index contributed by atoms with van der Waals surface area (Å²) in [5.74, 6) is 0.603. The summed E-state index contributed by atoms with van der Waals surface area (Å²) in [6, 6.07) is 15.7. The molecule has 6 heteroatoms. The van der Waals surface area contributed by atoms with Gasteiger partial charge in [-0.2, -0.15) is 0 Å². The number of fused-ring (bicyclic) bond motifs is 1. The van der Waals surface area contributed by atoms with Gasteiger partial charge in [0, 0.05) is 13.1 Å². The molecule has 1 aromatic heterocycles. The molecule has 1 heterocycles. The van der Waals surface area contributed by atoms with Gasteiger partial charge in [-0.3, -0.25) is 9.69 Å². The number of carbonyl (C=O) groups is 1. The number of amides is 1. The fraction of sp³-hybridized carbons (Fsp3) is 0.333. The van der Waals surface area contributed by atoms with Crippen LogP contribution in [0, 0.1) is 0 Å². The van der Waals surface area contributed by atoms with Gasteiger partial charge in [0.25, 0.3) is 5.91 Å². The third-order valence-electron chi connectivity index (χ3n) is 4.26. The molecule has 0 bridgehead atoms. The Bertz CT molecular complexity index is 893. The monoisotopic (exact) mass is 383 g/mol. The maximum atomic E-state index is 12.9. The van der Waals surface area contributed by atoms with Crippen LogP contribution in [0.3, 0.4) is 0 Å². The second-order valence-corrected chi connectivity index (χ2v) is 7.61. The molecule has 3 rings (SSSR count). The number of rotatable bonds is 8. The number of nitrogens with zero attached hydrogens (tertiary/aromatic N) is 3. The van der Waals surface area contributed by atoms with E-state index in [4.69, 9.17) is 9.72 Å². The Hall–Kier alpha value is -2.44. The molecule has 0 unspecified atom stereocenters. The maximum Gasteiger partial charge on any atom is 0.266 e. The molecule has 0 aliphatic heterocycles. The molecule has 0 aliphatic rings. The van der Waals surface area contributed by atoms with Gasteiger partial charge in [0.15, 0.2) is 11.7 Å². The minimum absolute atomic E-state index is 0.00637. The minimum atomic E-state index is -0.0875. The zero-order valence-electron chi connectivity index (χ0n) is 16.0. The smallest absolute Gasteiger partial charge is 0.266 e. The van der Waals surface area contributed by atoms with E-state index in [1.807, 2.05) is 50.5 Å². The van der Waals surface area contributed by atoms with Gasteiger partial charge in [-0.25, -0.2) is 4.98 Å². The highest BCUT2D eigenvalue weighted by Gasteiger charge is 2.20. The number of thiazole rings is 1. The number of aromatic nitrogens is 1. The SMILES string of the molecule is CCc1ccc2nc(N(CCN(C)C)C(=O)COc3ccccc3)sc2c1. The lowest BCUT2D eigenvalue weighted by Crippen LogP contribution is -2.39. The lowest BCUT2D eigenvalue weighted by Gasteiger charge is -2.22. The third-order valence-corrected chi connectivity index (χ3v) is 5.30. The Morgan fingerprint density at radius 1 is 1.11 bits per heavy atom. The van der Waals surface area contributed by atoms with Crippen molar-refractivity contribution in [3.05, 3.63) is 54.1 Å². The van der Waals surface area contributed by atoms with Crippen LogP contribution < -0.4 is 9.64 Å². The summed E-state index contributed by atoms with van der Waals surface area (Å²) in [5.41, 5.74) is 2.20. The maximum absolute atomic E-state index is 12.9. The van der Waals surface area contributed by atoms with E-state index in [1.54, 1.807) is 16.2 Å². The van der Waals surface area contributed by atoms with Gasteiger partial charge in [0.2, 0.25) is 0 Å². The van der Waals surface area contributed by atoms with Crippen molar-refractivity contribution in [1.82, 2.24) is 9.88 Å². The van der Waals surface area contributed by atoms with Crippen molar-refractivity contribution in [3.63, 3.8) is 0 Å². The van der Waals surface area contributed by atoms with Gasteiger partial charge in [-0.05, 0) is 50.3 Å². The molecule has 0 fully saturated rings. The first-order valence-corrected chi connectivity index (χ1v) is 9.91. The zero-order chi connectivity index (χ0) is 19.2. The van der Waals surface area contributed by atoms with Gasteiger partial charge in [0.1, 0.15) is 5.75 Å². The quantitative estimate of drug-likeness (QED) is 0.593. The summed E-state index contributed by atoms with van der Waals surface area (Å²) in [7, 11) is 3.99. The second-order valence-electron chi connectivity index (χ2n) is 6.60. The standard InChI is InChI=1S/C21H25N3O2S/c1-4-16-10-11-18-19(14-16)27-21(22-18)24(13-12-23(2)3)20(25)15-26-17-8-6-5-7-9-17/h5-11,14H,4,12-13,15H2,1-3H3. The molecule has 0 spiro atoms. The van der Waals surface area contributed by atoms with Crippen LogP contribution in [0.4, 0.5) is 5.13 Å². The molecule has 3 aromatic rings. The van der Waals surface area contributed by atoms with Crippen molar-refractivity contribution in [3.8, 4) is 5.75 Å². The summed E-state index contributed by atoms with van der Waals surface area (Å²) in [6.45, 7) is 3.46. The molecule has 0 saturated carbocycles. The Balaban J connectivity index is 1.80. The van der Waals surface area contributed by atoms with Crippen LogP contribution in [0.5, 0.6) is 5.75 Å². The molecule has 0 aliphatic carbocycles. The number of hydrogen-bond acceptors (Lipinski definition) is 5. The molecule has 0 saturated heterocycles. The number of likely N-dealkylation sites (N-methyl/N-ethyl adjacent to an activating group) is 1. The van der Waals surface area contributed by atoms with E-state index in [1.165, 1.54) is 5.56 Å². The molecule has 142 valence electrons. The van der Waals surface area contributed by atoms with E-state index >= 15 is 0 Å². The Kier molecular flexibility index (Phi) is 6.42. The van der Waals surface area contributed by atoms with E-state index < -0.39 is 0 Å². The average Bonchev–Trinajstić information content (AvgIpc) is 3.09. The number of anilines is 1. The number of hydrogen-bond donors (Lipinski definition) is 0. The van der Waals surface area contributed by atoms with Crippen molar-refractivity contribution in [2.24, 2.45) is 0 Å². The predicted octanol–water partition coefficient (Wildman–Crippen LogP) is 3.83. The van der Waals surface area contributed by atoms with Gasteiger partial charge < -0.3 is 9.64 Å². The fourth-order valence-corrected chi connectivity index (χ4v) is 3.73. The molecule has 5 nitrogen and oxygen atoms in total. The summed E-state index contributed by atoms with van der Waals surface area (Å²) in [6.07, 6.45) is 0.983. The lowest BCUT2D eigenvalue weighted by atomic mass is 10.2. The summed E-state index contributed by atoms with van der Waals surface area (Å²) < 4.78 is 6.77. The number of carbonyl (C=O) groups excluding carboxylic acids is 1. The topological polar surface area (TPSA) is 45.7 Å². The molecule has 0 radical (unpaired) electrons. The minimum Gasteiger partial charge on any atom is -0.484 e. The highest BCUT2D eigenvalue weighted by atomic mass is 32.1. The van der Waals surface area contributed by atoms with Crippen molar-refractivity contribution < 1.29 is 9.53 Å². The molecular formula is C21H25N3O2S. The van der Waals surface area contributed by atoms with Gasteiger partial charge in [0.05, 0.1) is 10.2 Å². The van der Waals surface area contributed by atoms with Crippen molar-refractivity contribution in [2.75, 3.05) is 38.7 Å². The number of ether oxygens (including phenoxy) is 1. The molecule has 1 amide bonds. The molecule has 0 N–H and O–H groups in total. The van der Waals surface area contributed by atoms with Crippen LogP contribution in [-0.2, 0) is 11.2 Å². The van der Waals surface area contributed by atoms with Crippen LogP contribution in [0.1, 0.15) is 12.5 Å². The van der Waals surface area contributed by atoms with Crippen molar-refractivity contribution in [1.29, 1.82) is 0 Å². The van der Waals surface area contributed by atoms with Crippen LogP contribution in [0.15, 0.2) is 48.5 Å². The highest BCUT2D eigenvalue weighted by molar-refractivity contribution is 7.22. The second kappa shape index (κ2) is 8.97. The summed E-state index contributed by atoms with van der Waals surface area (Å²) in [5, 5.41) is 0.724. The largest absolute Gasteiger partial charge is 0.484 e. The average molecular weight is 384 g/mol. The Morgan fingerprint density at radius 3 is 2.59 bits per heavy atom. The zero-order valence-corrected chi connectivity index (χ0v) is 16.8. The van der Waals surface area contributed by atoms with Crippen LogP contribution in [0.2, 0.25) is 0 Å². The molecule has 2 aromatic carbocycles. The van der Waals surface area contributed by atoms with Crippen LogP contribution in [-0.4, -0.2) is 49.6 Å². The summed E-state index contributed by atoms with van der Waals surface area (Å²) >= 11 is 1.56. The van der Waals surface area contributed by atoms with Gasteiger partial charge in [-0.15, -0.1) is 0 Å². The van der Waals surface area contributed by atoms with Crippen LogP contribution >= 0.6 is 11.3 Å². The predicted molar refractivity (Wildman–Crippen MR) is 112 cm³/mol. The molecular weight excluding hydrogens is 358 g/mol. The highest BCUT2D eigenvalue weighted by Crippen LogP contribution is 2.30. The van der Waals surface area contributed by atoms with Crippen molar-refractivity contribution in [2.45, 2.75) is 13.3 Å². The first-order valence-electron chi connectivity index (χ1n) is 9.09. The van der Waals surface area contributed by atoms with E-state index in [2.05, 4.69) is 24.0 Å². The first-order chi connectivity index (χ1) is 13.1. The number of para-hydroxylation sites is 1. The van der Waals surface area contributed by atoms with E-state index in [9.17, 15) is 4.79 Å². The lowest BCUT2D eigenvalue weighted by molar-refractivity contribution is -0.120. The van der Waals surface area contributed by atoms with Gasteiger partial charge in [-0.1, -0.05) is 42.5 Å². The summed E-state index contributed by atoms with van der Waals surface area (Å²) in [4.78, 5) is 21.4. The molecule has 27 heavy (non-hydrogen) atoms. The third kappa shape index (κ3) is 5.05. The Morgan fingerprint density at radius 2 is 1.89 bits per heavy atom. The fourth-order valence-electron chi connectivity index (χ4n) is 2.66. The van der Waals surface area contributed by atoms with Gasteiger partial charge >= 0.3 is 0 Å². The number of aryl methyl sites for hydroxylation is 1. The Labute approximate surface area is 164 Å². The van der Waals surface area contributed by atoms with E-state index in [-0.39, 0.29) is 12.5 Å². The van der Waals surface area contributed by atoms with E-state index in [0.717, 1.165) is 28.3 Å². The normalized spacial score (nSPS) is 11.1. The first kappa shape index (κ1) is 19.3. The molecule has 0 atom stereocenters. The number of benzene rings is 2. The van der Waals surface area contributed by atoms with E-state index in [0.29, 0.717) is 12.3 Å². The van der Waals surface area contributed by atoms with Crippen molar-refractivity contribution >= 4 is 32.6 Å². The van der Waals surface area contributed by atoms with Crippen LogP contribution in [0.25, 0.3) is 10.2 Å².